The van der Waals surface area contributed by atoms with Crippen LogP contribution in [0.2, 0.25) is 0 Å². The number of nitrogens with one attached hydrogen (secondary N) is 1. The Kier molecular flexibility index (Phi) is 2.48. The quantitative estimate of drug-likeness (QED) is 0.140. The third-order valence-corrected chi connectivity index (χ3v) is 0.425. The first-order valence-electron chi connectivity index (χ1n) is 0.932. The van der Waals surface area contributed by atoms with E-state index in [1.165, 1.54) is 22.6 Å². The maximum atomic E-state index is 9.56. The molecule has 4 heteroatoms. The molecule has 3 nitrogen and oxygen atoms in total. The van der Waals surface area contributed by atoms with Crippen molar-refractivity contribution in [1.82, 2.24) is 5.43 Å². The molecule has 1 amide bonds. The number of carbonyl (C=O) groups is 1. The summed E-state index contributed by atoms with van der Waals surface area (Å²) >= 11 is 1.53. The average molecular weight is 186 g/mol. The molecule has 0 aromatic carbocycles. The van der Waals surface area contributed by atoms with Crippen molar-refractivity contribution < 1.29 is 4.79 Å². The van der Waals surface area contributed by atoms with E-state index in [0.29, 0.717) is 0 Å². The second-order valence-corrected chi connectivity index (χ2v) is 1.40. The Morgan fingerprint density at radius 2 is 2.20 bits per heavy atom. The van der Waals surface area contributed by atoms with Crippen LogP contribution in [0.15, 0.2) is 0 Å². The molecule has 0 saturated heterocycles. The number of amides is 1. The molecule has 0 rings (SSSR count). The highest BCUT2D eigenvalue weighted by Gasteiger charge is 1.76. The molecule has 0 bridgehead atoms. The first-order valence-corrected chi connectivity index (χ1v) is 2.01. The van der Waals surface area contributed by atoms with E-state index >= 15 is 0 Å². The summed E-state index contributed by atoms with van der Waals surface area (Å²) in [5.74, 6) is 4.56. The third kappa shape index (κ3) is 4.16. The van der Waals surface area contributed by atoms with Gasteiger partial charge in [-0.3, -0.25) is 10.2 Å². The Balaban J connectivity index is 2.85. The fourth-order valence-electron chi connectivity index (χ4n) is 0. The molecule has 0 radical (unpaired) electrons. The normalized spacial score (nSPS) is 6.80. The van der Waals surface area contributed by atoms with Crippen molar-refractivity contribution in [3.8, 4) is 0 Å². The lowest BCUT2D eigenvalue weighted by Crippen LogP contribution is -2.23. The average Bonchev–Trinajstić information content (AvgIpc) is 1.38. The summed E-state index contributed by atoms with van der Waals surface area (Å²) in [7, 11) is 0. The number of hydrogen-bond acceptors (Lipinski definition) is 2. The summed E-state index contributed by atoms with van der Waals surface area (Å²) in [4.78, 5) is 9.56. The largest absolute Gasteiger partial charge is 0.294 e. The Hall–Kier alpha value is 0.160. The van der Waals surface area contributed by atoms with E-state index in [1.54, 1.807) is 0 Å². The van der Waals surface area contributed by atoms with Crippen LogP contribution in [0, 0.1) is 0 Å². The zero-order chi connectivity index (χ0) is 4.28. The molecule has 30 valence electrons. The Morgan fingerprint density at radius 3 is 2.20 bits per heavy atom. The van der Waals surface area contributed by atoms with E-state index < -0.39 is 0 Å². The number of hydrogen-bond donors (Lipinski definition) is 2. The number of rotatable bonds is 0. The smallest absolute Gasteiger partial charge is 0.286 e. The summed E-state index contributed by atoms with van der Waals surface area (Å²) in [5, 5.41) is 0. The van der Waals surface area contributed by atoms with Crippen LogP contribution < -0.4 is 11.3 Å². The minimum atomic E-state index is -0.248. The van der Waals surface area contributed by atoms with Crippen molar-refractivity contribution in [2.75, 3.05) is 0 Å². The van der Waals surface area contributed by atoms with Crippen LogP contribution in [-0.4, -0.2) is 3.91 Å². The molecule has 5 heavy (non-hydrogen) atoms. The van der Waals surface area contributed by atoms with Crippen molar-refractivity contribution >= 4 is 26.5 Å². The molecule has 3 N–H and O–H groups in total. The van der Waals surface area contributed by atoms with E-state index in [-0.39, 0.29) is 3.91 Å². The first kappa shape index (κ1) is 5.16. The van der Waals surface area contributed by atoms with Crippen molar-refractivity contribution in [3.63, 3.8) is 0 Å². The number of nitrogens with two attached hydrogens (primary N) is 1. The van der Waals surface area contributed by atoms with Gasteiger partial charge in [0.2, 0.25) is 0 Å². The van der Waals surface area contributed by atoms with Crippen LogP contribution in [0.3, 0.4) is 0 Å². The molecular weight excluding hydrogens is 183 g/mol. The van der Waals surface area contributed by atoms with Gasteiger partial charge in [-0.1, -0.05) is 0 Å². The van der Waals surface area contributed by atoms with Gasteiger partial charge in [-0.2, -0.15) is 0 Å². The molecule has 0 heterocycles. The summed E-state index contributed by atoms with van der Waals surface area (Å²) in [6.07, 6.45) is 0. The molecule has 0 unspecified atom stereocenters. The van der Waals surface area contributed by atoms with Gasteiger partial charge in [0.15, 0.2) is 0 Å². The van der Waals surface area contributed by atoms with Gasteiger partial charge >= 0.3 is 0 Å². The van der Waals surface area contributed by atoms with Crippen molar-refractivity contribution in [1.29, 1.82) is 0 Å². The molecule has 0 aliphatic heterocycles. The molecule has 0 aromatic rings. The number of carbonyl (C=O) groups excluding carboxylic acids is 1. The van der Waals surface area contributed by atoms with Gasteiger partial charge in [0.05, 0.1) is 0 Å². The van der Waals surface area contributed by atoms with E-state index in [2.05, 4.69) is 5.84 Å². The van der Waals surface area contributed by atoms with Gasteiger partial charge in [0, 0.05) is 22.6 Å². The minimum Gasteiger partial charge on any atom is -0.286 e. The second-order valence-electron chi connectivity index (χ2n) is 0.418. The standard InChI is InChI=1S/CH3IN2O/c2-1(5)4-3/h3H2,(H,4,5). The predicted molar refractivity (Wildman–Crippen MR) is 26.7 cm³/mol. The van der Waals surface area contributed by atoms with Gasteiger partial charge in [-0.25, -0.2) is 5.84 Å². The second kappa shape index (κ2) is 2.40. The summed E-state index contributed by atoms with van der Waals surface area (Å²) < 4.78 is -0.248. The monoisotopic (exact) mass is 186 g/mol. The lowest BCUT2D eigenvalue weighted by atomic mass is 11.4. The highest BCUT2D eigenvalue weighted by Crippen LogP contribution is 1.75. The van der Waals surface area contributed by atoms with E-state index in [0.717, 1.165) is 0 Å². The molecule has 0 fully saturated rings. The van der Waals surface area contributed by atoms with E-state index in [4.69, 9.17) is 0 Å². The molecular formula is CH3IN2O. The number of halogens is 1. The Labute approximate surface area is 43.0 Å². The molecule has 0 spiro atoms. The van der Waals surface area contributed by atoms with Gasteiger partial charge in [0.1, 0.15) is 0 Å². The zero-order valence-corrected chi connectivity index (χ0v) is 4.52. The summed E-state index contributed by atoms with van der Waals surface area (Å²) in [5.41, 5.74) is 1.88. The Bertz CT molecular complexity index is 44.9. The lowest BCUT2D eigenvalue weighted by molar-refractivity contribution is 0.263. The summed E-state index contributed by atoms with van der Waals surface area (Å²) in [6, 6.07) is 0. The van der Waals surface area contributed by atoms with E-state index in [9.17, 15) is 4.79 Å². The fourth-order valence-corrected chi connectivity index (χ4v) is 0. The third-order valence-electron chi connectivity index (χ3n) is 0.113. The van der Waals surface area contributed by atoms with Crippen molar-refractivity contribution in [2.45, 2.75) is 0 Å². The first-order chi connectivity index (χ1) is 2.27. The van der Waals surface area contributed by atoms with Gasteiger partial charge in [-0.05, 0) is 0 Å². The van der Waals surface area contributed by atoms with Crippen LogP contribution in [0.1, 0.15) is 0 Å². The zero-order valence-electron chi connectivity index (χ0n) is 2.36. The highest BCUT2D eigenvalue weighted by atomic mass is 127. The van der Waals surface area contributed by atoms with Crippen molar-refractivity contribution in [2.24, 2.45) is 5.84 Å². The van der Waals surface area contributed by atoms with Crippen LogP contribution >= 0.6 is 22.6 Å². The lowest BCUT2D eigenvalue weighted by Gasteiger charge is -1.78. The van der Waals surface area contributed by atoms with Crippen LogP contribution in [0.5, 0.6) is 0 Å². The Morgan fingerprint density at radius 1 is 2.00 bits per heavy atom. The fraction of sp³-hybridized carbons (Fsp3) is 0. The topological polar surface area (TPSA) is 55.1 Å². The minimum absolute atomic E-state index is 0.248. The van der Waals surface area contributed by atoms with Crippen LogP contribution in [0.25, 0.3) is 0 Å². The maximum Gasteiger partial charge on any atom is 0.294 e. The predicted octanol–water partition coefficient (Wildman–Crippen LogP) is 0.00470. The van der Waals surface area contributed by atoms with Gasteiger partial charge in [-0.15, -0.1) is 0 Å². The SMILES string of the molecule is NNC(=O)I. The molecule has 0 atom stereocenters. The van der Waals surface area contributed by atoms with Crippen LogP contribution in [-0.2, 0) is 0 Å². The molecule has 0 saturated carbocycles. The molecule has 0 aromatic heterocycles. The van der Waals surface area contributed by atoms with Crippen molar-refractivity contribution in [3.05, 3.63) is 0 Å². The van der Waals surface area contributed by atoms with Gasteiger partial charge in [0.25, 0.3) is 3.91 Å². The molecule has 0 aliphatic rings. The summed E-state index contributed by atoms with van der Waals surface area (Å²) in [6.45, 7) is 0. The highest BCUT2D eigenvalue weighted by molar-refractivity contribution is 14.1. The van der Waals surface area contributed by atoms with Gasteiger partial charge < -0.3 is 0 Å². The maximum absolute atomic E-state index is 9.56. The molecule has 0 aliphatic carbocycles. The van der Waals surface area contributed by atoms with Crippen LogP contribution in [0.4, 0.5) is 4.79 Å². The number of hydrazine groups is 1. The van der Waals surface area contributed by atoms with E-state index in [1.807, 2.05) is 5.43 Å².